The van der Waals surface area contributed by atoms with Gasteiger partial charge in [-0.05, 0) is 23.8 Å². The summed E-state index contributed by atoms with van der Waals surface area (Å²) in [7, 11) is 0. The molecule has 1 aromatic heterocycles. The van der Waals surface area contributed by atoms with Crippen molar-refractivity contribution in [2.24, 2.45) is 0 Å². The van der Waals surface area contributed by atoms with E-state index in [2.05, 4.69) is 4.98 Å². The van der Waals surface area contributed by atoms with Crippen LogP contribution in [-0.2, 0) is 0 Å². The Morgan fingerprint density at radius 3 is 2.53 bits per heavy atom. The van der Waals surface area contributed by atoms with Crippen LogP contribution in [0.3, 0.4) is 0 Å². The molecule has 0 atom stereocenters. The minimum atomic E-state index is -1.07. The number of hydrogen-bond acceptors (Lipinski definition) is 1. The normalized spacial score (nSPS) is 10.8. The Balaban J connectivity index is 2.36. The molecule has 0 aliphatic heterocycles. The summed E-state index contributed by atoms with van der Waals surface area (Å²) < 4.78 is 13.3. The van der Waals surface area contributed by atoms with Gasteiger partial charge in [0, 0.05) is 10.9 Å². The van der Waals surface area contributed by atoms with Crippen molar-refractivity contribution in [2.45, 2.75) is 0 Å². The number of H-pyrrole nitrogens is 1. The average molecular weight is 255 g/mol. The molecular formula is C15H10FNO2. The second-order valence-corrected chi connectivity index (χ2v) is 4.24. The number of carbonyl (C=O) groups is 1. The van der Waals surface area contributed by atoms with E-state index in [9.17, 15) is 14.3 Å². The molecule has 0 saturated heterocycles. The van der Waals surface area contributed by atoms with Crippen molar-refractivity contribution in [3.05, 3.63) is 59.9 Å². The lowest BCUT2D eigenvalue weighted by Crippen LogP contribution is -1.97. The Morgan fingerprint density at radius 2 is 1.84 bits per heavy atom. The Hall–Kier alpha value is -2.62. The first-order chi connectivity index (χ1) is 9.16. The number of aromatic nitrogens is 1. The quantitative estimate of drug-likeness (QED) is 0.734. The van der Waals surface area contributed by atoms with Crippen LogP contribution in [-0.4, -0.2) is 16.1 Å². The average Bonchev–Trinajstić information content (AvgIpc) is 2.78. The largest absolute Gasteiger partial charge is 0.478 e. The second-order valence-electron chi connectivity index (χ2n) is 4.24. The van der Waals surface area contributed by atoms with Crippen LogP contribution in [0.2, 0.25) is 0 Å². The monoisotopic (exact) mass is 255 g/mol. The van der Waals surface area contributed by atoms with Crippen LogP contribution in [0, 0.1) is 5.82 Å². The van der Waals surface area contributed by atoms with Gasteiger partial charge in [0.1, 0.15) is 5.82 Å². The van der Waals surface area contributed by atoms with E-state index in [1.165, 1.54) is 12.1 Å². The highest BCUT2D eigenvalue weighted by Gasteiger charge is 2.19. The van der Waals surface area contributed by atoms with Crippen LogP contribution in [0.25, 0.3) is 22.2 Å². The molecule has 0 saturated carbocycles. The molecule has 2 aromatic carbocycles. The van der Waals surface area contributed by atoms with Crippen molar-refractivity contribution in [3.63, 3.8) is 0 Å². The van der Waals surface area contributed by atoms with E-state index < -0.39 is 11.8 Å². The molecule has 0 aliphatic rings. The summed E-state index contributed by atoms with van der Waals surface area (Å²) in [6, 6.07) is 13.2. The summed E-state index contributed by atoms with van der Waals surface area (Å²) in [6.45, 7) is 0. The molecule has 3 rings (SSSR count). The summed E-state index contributed by atoms with van der Waals surface area (Å²) in [4.78, 5) is 14.5. The standard InChI is InChI=1S/C15H10FNO2/c16-10-6-7-12-11(8-10)13(15(18)19)14(17-12)9-4-2-1-3-5-9/h1-8,17H,(H,18,19). The van der Waals surface area contributed by atoms with Crippen LogP contribution >= 0.6 is 0 Å². The lowest BCUT2D eigenvalue weighted by molar-refractivity contribution is 0.0700. The summed E-state index contributed by atoms with van der Waals surface area (Å²) in [6.07, 6.45) is 0. The molecule has 0 fully saturated rings. The molecule has 2 N–H and O–H groups in total. The Labute approximate surface area is 108 Å². The molecule has 1 heterocycles. The highest BCUT2D eigenvalue weighted by Crippen LogP contribution is 2.30. The van der Waals surface area contributed by atoms with Crippen molar-refractivity contribution >= 4 is 16.9 Å². The van der Waals surface area contributed by atoms with Crippen LogP contribution in [0.5, 0.6) is 0 Å². The van der Waals surface area contributed by atoms with Gasteiger partial charge in [-0.2, -0.15) is 0 Å². The second kappa shape index (κ2) is 4.24. The lowest BCUT2D eigenvalue weighted by Gasteiger charge is -2.00. The number of benzene rings is 2. The number of fused-ring (bicyclic) bond motifs is 1. The summed E-state index contributed by atoms with van der Waals surface area (Å²) in [5, 5.41) is 9.74. The van der Waals surface area contributed by atoms with Crippen molar-refractivity contribution in [1.29, 1.82) is 0 Å². The molecule has 0 bridgehead atoms. The number of halogens is 1. The zero-order valence-electron chi connectivity index (χ0n) is 9.85. The number of hydrogen-bond donors (Lipinski definition) is 2. The smallest absolute Gasteiger partial charge is 0.338 e. The van der Waals surface area contributed by atoms with Gasteiger partial charge in [0.2, 0.25) is 0 Å². The minimum absolute atomic E-state index is 0.0979. The highest BCUT2D eigenvalue weighted by atomic mass is 19.1. The van der Waals surface area contributed by atoms with E-state index in [0.717, 1.165) is 5.56 Å². The number of aromatic carboxylic acids is 1. The highest BCUT2D eigenvalue weighted by molar-refractivity contribution is 6.09. The first-order valence-corrected chi connectivity index (χ1v) is 5.77. The molecule has 4 heteroatoms. The van der Waals surface area contributed by atoms with Crippen molar-refractivity contribution in [1.82, 2.24) is 4.98 Å². The molecule has 94 valence electrons. The van der Waals surface area contributed by atoms with Gasteiger partial charge < -0.3 is 10.1 Å². The molecular weight excluding hydrogens is 245 g/mol. The summed E-state index contributed by atoms with van der Waals surface area (Å²) >= 11 is 0. The van der Waals surface area contributed by atoms with E-state index in [-0.39, 0.29) is 5.56 Å². The Kier molecular flexibility index (Phi) is 2.56. The molecule has 0 amide bonds. The van der Waals surface area contributed by atoms with Gasteiger partial charge in [0.05, 0.1) is 11.3 Å². The number of rotatable bonds is 2. The number of aromatic amines is 1. The third-order valence-electron chi connectivity index (χ3n) is 3.04. The van der Waals surface area contributed by atoms with E-state index in [1.807, 2.05) is 30.3 Å². The number of nitrogens with one attached hydrogen (secondary N) is 1. The molecule has 19 heavy (non-hydrogen) atoms. The zero-order valence-corrected chi connectivity index (χ0v) is 9.85. The molecule has 3 aromatic rings. The molecule has 0 unspecified atom stereocenters. The van der Waals surface area contributed by atoms with Crippen molar-refractivity contribution in [2.75, 3.05) is 0 Å². The fourth-order valence-electron chi connectivity index (χ4n) is 2.21. The number of carboxylic acid groups (broad SMARTS) is 1. The van der Waals surface area contributed by atoms with Gasteiger partial charge in [0.15, 0.2) is 0 Å². The van der Waals surface area contributed by atoms with Crippen LogP contribution in [0.4, 0.5) is 4.39 Å². The van der Waals surface area contributed by atoms with Crippen LogP contribution in [0.15, 0.2) is 48.5 Å². The van der Waals surface area contributed by atoms with E-state index in [4.69, 9.17) is 0 Å². The third kappa shape index (κ3) is 1.87. The number of carboxylic acids is 1. The van der Waals surface area contributed by atoms with Crippen molar-refractivity contribution in [3.8, 4) is 11.3 Å². The van der Waals surface area contributed by atoms with E-state index >= 15 is 0 Å². The fourth-order valence-corrected chi connectivity index (χ4v) is 2.21. The lowest BCUT2D eigenvalue weighted by atomic mass is 10.1. The maximum atomic E-state index is 13.3. The maximum Gasteiger partial charge on any atom is 0.338 e. The van der Waals surface area contributed by atoms with Gasteiger partial charge in [-0.3, -0.25) is 0 Å². The SMILES string of the molecule is O=C(O)c1c(-c2ccccc2)[nH]c2ccc(F)cc12. The molecule has 0 spiro atoms. The predicted molar refractivity (Wildman–Crippen MR) is 70.7 cm³/mol. The van der Waals surface area contributed by atoms with Gasteiger partial charge in [-0.25, -0.2) is 9.18 Å². The topological polar surface area (TPSA) is 53.1 Å². The maximum absolute atomic E-state index is 13.3. The first-order valence-electron chi connectivity index (χ1n) is 5.77. The summed E-state index contributed by atoms with van der Waals surface area (Å²) in [5.41, 5.74) is 1.96. The molecule has 3 nitrogen and oxygen atoms in total. The predicted octanol–water partition coefficient (Wildman–Crippen LogP) is 3.67. The van der Waals surface area contributed by atoms with Gasteiger partial charge in [0.25, 0.3) is 0 Å². The van der Waals surface area contributed by atoms with Gasteiger partial charge in [-0.1, -0.05) is 30.3 Å². The fraction of sp³-hybridized carbons (Fsp3) is 0. The third-order valence-corrected chi connectivity index (χ3v) is 3.04. The summed E-state index contributed by atoms with van der Waals surface area (Å²) in [5.74, 6) is -1.52. The minimum Gasteiger partial charge on any atom is -0.478 e. The molecule has 0 radical (unpaired) electrons. The molecule has 0 aliphatic carbocycles. The van der Waals surface area contributed by atoms with Crippen molar-refractivity contribution < 1.29 is 14.3 Å². The zero-order chi connectivity index (χ0) is 13.4. The van der Waals surface area contributed by atoms with Gasteiger partial charge >= 0.3 is 5.97 Å². The Bertz CT molecular complexity index is 762. The van der Waals surface area contributed by atoms with Crippen LogP contribution in [0.1, 0.15) is 10.4 Å². The van der Waals surface area contributed by atoms with E-state index in [0.29, 0.717) is 16.6 Å². The first kappa shape index (κ1) is 11.5. The van der Waals surface area contributed by atoms with Gasteiger partial charge in [-0.15, -0.1) is 0 Å². The van der Waals surface area contributed by atoms with Crippen LogP contribution < -0.4 is 0 Å². The Morgan fingerprint density at radius 1 is 1.11 bits per heavy atom. The van der Waals surface area contributed by atoms with E-state index in [1.54, 1.807) is 6.07 Å².